The normalized spacial score (nSPS) is 12.0. The second-order valence-electron chi connectivity index (χ2n) is 5.59. The molecule has 0 aliphatic heterocycles. The Balaban J connectivity index is 2.16. The van der Waals surface area contributed by atoms with E-state index in [1.807, 2.05) is 30.3 Å². The van der Waals surface area contributed by atoms with E-state index in [1.165, 1.54) is 38.5 Å². The third-order valence-corrected chi connectivity index (χ3v) is 3.66. The summed E-state index contributed by atoms with van der Waals surface area (Å²) < 4.78 is 5.66. The van der Waals surface area contributed by atoms with E-state index in [0.717, 1.165) is 12.8 Å². The highest BCUT2D eigenvalue weighted by Crippen LogP contribution is 2.15. The van der Waals surface area contributed by atoms with Gasteiger partial charge >= 0.3 is 0 Å². The predicted octanol–water partition coefficient (Wildman–Crippen LogP) is 4.45. The first-order chi connectivity index (χ1) is 10.2. The van der Waals surface area contributed by atoms with Crippen molar-refractivity contribution in [3.05, 3.63) is 30.3 Å². The largest absolute Gasteiger partial charge is 0.481 e. The maximum absolute atomic E-state index is 11.4. The molecule has 0 bridgehead atoms. The summed E-state index contributed by atoms with van der Waals surface area (Å²) in [7, 11) is 0. The second-order valence-corrected chi connectivity index (χ2v) is 5.59. The first-order valence-electron chi connectivity index (χ1n) is 8.25. The number of ether oxygens (including phenoxy) is 1. The van der Waals surface area contributed by atoms with Gasteiger partial charge in [0.2, 0.25) is 0 Å². The summed E-state index contributed by atoms with van der Waals surface area (Å²) in [6.07, 6.45) is 10.2. The molecule has 0 spiro atoms. The highest BCUT2D eigenvalue weighted by atomic mass is 16.5. The Kier molecular flexibility index (Phi) is 9.34. The lowest BCUT2D eigenvalue weighted by atomic mass is 10.1. The number of nitrogens with two attached hydrogens (primary N) is 1. The molecule has 0 aliphatic rings. The average molecular weight is 291 g/mol. The molecule has 1 unspecified atom stereocenters. The summed E-state index contributed by atoms with van der Waals surface area (Å²) in [6, 6.07) is 9.41. The summed E-state index contributed by atoms with van der Waals surface area (Å²) in [5.41, 5.74) is 5.42. The fourth-order valence-corrected chi connectivity index (χ4v) is 2.39. The number of benzene rings is 1. The van der Waals surface area contributed by atoms with Crippen LogP contribution in [0.3, 0.4) is 0 Å². The Morgan fingerprint density at radius 3 is 2.14 bits per heavy atom. The van der Waals surface area contributed by atoms with E-state index in [4.69, 9.17) is 10.5 Å². The Morgan fingerprint density at radius 2 is 1.57 bits per heavy atom. The molecule has 1 rings (SSSR count). The number of unbranched alkanes of at least 4 members (excludes halogenated alkanes) is 7. The number of amides is 1. The Hall–Kier alpha value is -1.51. The van der Waals surface area contributed by atoms with Crippen LogP contribution in [0.25, 0.3) is 0 Å². The van der Waals surface area contributed by atoms with Gasteiger partial charge in [0.1, 0.15) is 5.75 Å². The van der Waals surface area contributed by atoms with Crippen LogP contribution in [0.5, 0.6) is 5.75 Å². The minimum absolute atomic E-state index is 0.373. The molecule has 0 aromatic heterocycles. The zero-order chi connectivity index (χ0) is 15.3. The smallest absolute Gasteiger partial charge is 0.258 e. The Labute approximate surface area is 128 Å². The average Bonchev–Trinajstić information content (AvgIpc) is 2.49. The van der Waals surface area contributed by atoms with Crippen LogP contribution < -0.4 is 10.5 Å². The highest BCUT2D eigenvalue weighted by Gasteiger charge is 2.16. The van der Waals surface area contributed by atoms with Gasteiger partial charge in [0.05, 0.1) is 0 Å². The van der Waals surface area contributed by atoms with Crippen LogP contribution in [0, 0.1) is 0 Å². The number of primary amides is 1. The van der Waals surface area contributed by atoms with E-state index in [2.05, 4.69) is 6.92 Å². The molecular weight excluding hydrogens is 262 g/mol. The molecule has 21 heavy (non-hydrogen) atoms. The molecule has 118 valence electrons. The molecule has 3 heteroatoms. The quantitative estimate of drug-likeness (QED) is 0.578. The minimum Gasteiger partial charge on any atom is -0.481 e. The molecule has 1 aromatic rings. The minimum atomic E-state index is -0.507. The predicted molar refractivity (Wildman–Crippen MR) is 87.3 cm³/mol. The number of carbonyl (C=O) groups is 1. The molecular formula is C18H29NO2. The van der Waals surface area contributed by atoms with Crippen molar-refractivity contribution in [2.45, 2.75) is 70.8 Å². The fourth-order valence-electron chi connectivity index (χ4n) is 2.39. The van der Waals surface area contributed by atoms with Crippen LogP contribution in [-0.4, -0.2) is 12.0 Å². The van der Waals surface area contributed by atoms with Crippen LogP contribution in [0.4, 0.5) is 0 Å². The van der Waals surface area contributed by atoms with Gasteiger partial charge in [0.25, 0.3) is 5.91 Å². The van der Waals surface area contributed by atoms with Gasteiger partial charge in [-0.25, -0.2) is 0 Å². The van der Waals surface area contributed by atoms with E-state index >= 15 is 0 Å². The van der Waals surface area contributed by atoms with Crippen molar-refractivity contribution in [3.8, 4) is 5.75 Å². The van der Waals surface area contributed by atoms with Crippen molar-refractivity contribution in [1.29, 1.82) is 0 Å². The molecule has 0 saturated carbocycles. The van der Waals surface area contributed by atoms with E-state index in [0.29, 0.717) is 12.2 Å². The van der Waals surface area contributed by atoms with E-state index in [-0.39, 0.29) is 5.91 Å². The van der Waals surface area contributed by atoms with Gasteiger partial charge in [-0.1, -0.05) is 70.1 Å². The fraction of sp³-hybridized carbons (Fsp3) is 0.611. The summed E-state index contributed by atoms with van der Waals surface area (Å²) in [4.78, 5) is 11.4. The summed E-state index contributed by atoms with van der Waals surface area (Å²) in [5.74, 6) is 0.336. The second kappa shape index (κ2) is 11.2. The molecule has 0 heterocycles. The van der Waals surface area contributed by atoms with Gasteiger partial charge in [-0.2, -0.15) is 0 Å². The van der Waals surface area contributed by atoms with Crippen LogP contribution in [0.1, 0.15) is 64.7 Å². The molecule has 0 fully saturated rings. The zero-order valence-corrected chi connectivity index (χ0v) is 13.2. The van der Waals surface area contributed by atoms with Crippen molar-refractivity contribution in [2.24, 2.45) is 5.73 Å². The van der Waals surface area contributed by atoms with Crippen LogP contribution in [0.2, 0.25) is 0 Å². The molecule has 2 N–H and O–H groups in total. The maximum atomic E-state index is 11.4. The van der Waals surface area contributed by atoms with E-state index in [1.54, 1.807) is 0 Å². The molecule has 1 amide bonds. The highest BCUT2D eigenvalue weighted by molar-refractivity contribution is 5.79. The first-order valence-corrected chi connectivity index (χ1v) is 8.25. The number of carbonyl (C=O) groups excluding carboxylic acids is 1. The van der Waals surface area contributed by atoms with E-state index in [9.17, 15) is 4.79 Å². The Morgan fingerprint density at radius 1 is 1.00 bits per heavy atom. The van der Waals surface area contributed by atoms with Gasteiger partial charge in [0, 0.05) is 0 Å². The number of para-hydroxylation sites is 1. The topological polar surface area (TPSA) is 52.3 Å². The summed E-state index contributed by atoms with van der Waals surface area (Å²) >= 11 is 0. The standard InChI is InChI=1S/C18H29NO2/c1-2-3-4-5-6-7-8-12-15-17(18(19)20)21-16-13-10-9-11-14-16/h9-11,13-14,17H,2-8,12,15H2,1H3,(H2,19,20). The lowest BCUT2D eigenvalue weighted by Crippen LogP contribution is -2.33. The molecule has 1 atom stereocenters. The monoisotopic (exact) mass is 291 g/mol. The van der Waals surface area contributed by atoms with Gasteiger partial charge in [-0.3, -0.25) is 4.79 Å². The molecule has 3 nitrogen and oxygen atoms in total. The summed E-state index contributed by atoms with van der Waals surface area (Å²) in [6.45, 7) is 2.23. The SMILES string of the molecule is CCCCCCCCCCC(Oc1ccccc1)C(N)=O. The first kappa shape index (κ1) is 17.5. The Bertz CT molecular complexity index is 378. The zero-order valence-electron chi connectivity index (χ0n) is 13.2. The number of rotatable bonds is 12. The lowest BCUT2D eigenvalue weighted by Gasteiger charge is -2.15. The van der Waals surface area contributed by atoms with Gasteiger partial charge in [-0.05, 0) is 25.0 Å². The van der Waals surface area contributed by atoms with Crippen molar-refractivity contribution in [3.63, 3.8) is 0 Å². The number of hydrogen-bond acceptors (Lipinski definition) is 2. The third kappa shape index (κ3) is 8.38. The van der Waals surface area contributed by atoms with E-state index < -0.39 is 6.10 Å². The molecule has 0 saturated heterocycles. The van der Waals surface area contributed by atoms with Gasteiger partial charge in [-0.15, -0.1) is 0 Å². The van der Waals surface area contributed by atoms with Gasteiger partial charge in [0.15, 0.2) is 6.10 Å². The molecule has 1 aromatic carbocycles. The molecule has 0 aliphatic carbocycles. The van der Waals surface area contributed by atoms with Crippen molar-refractivity contribution >= 4 is 5.91 Å². The third-order valence-electron chi connectivity index (χ3n) is 3.66. The maximum Gasteiger partial charge on any atom is 0.258 e. The van der Waals surface area contributed by atoms with Crippen molar-refractivity contribution in [2.75, 3.05) is 0 Å². The lowest BCUT2D eigenvalue weighted by molar-refractivity contribution is -0.125. The van der Waals surface area contributed by atoms with Crippen LogP contribution in [-0.2, 0) is 4.79 Å². The summed E-state index contributed by atoms with van der Waals surface area (Å²) in [5, 5.41) is 0. The molecule has 0 radical (unpaired) electrons. The van der Waals surface area contributed by atoms with Crippen molar-refractivity contribution < 1.29 is 9.53 Å². The van der Waals surface area contributed by atoms with Crippen LogP contribution >= 0.6 is 0 Å². The van der Waals surface area contributed by atoms with Crippen molar-refractivity contribution in [1.82, 2.24) is 0 Å². The van der Waals surface area contributed by atoms with Gasteiger partial charge < -0.3 is 10.5 Å². The van der Waals surface area contributed by atoms with Crippen LogP contribution in [0.15, 0.2) is 30.3 Å². The number of hydrogen-bond donors (Lipinski definition) is 1.